The molecule has 0 heterocycles. The van der Waals surface area contributed by atoms with Gasteiger partial charge in [0.25, 0.3) is 0 Å². The second-order valence-electron chi connectivity index (χ2n) is 6.20. The minimum Gasteiger partial charge on any atom is -0.316 e. The number of benzene rings is 2. The molecule has 2 nitrogen and oxygen atoms in total. The van der Waals surface area contributed by atoms with Gasteiger partial charge in [0.2, 0.25) is 0 Å². The van der Waals surface area contributed by atoms with Crippen LogP contribution in [0, 0.1) is 0 Å². The lowest BCUT2D eigenvalue weighted by Crippen LogP contribution is -2.29. The molecule has 0 fully saturated rings. The third-order valence-corrected chi connectivity index (χ3v) is 3.91. The molecular formula is C24H28N2. The van der Waals surface area contributed by atoms with E-state index in [1.54, 1.807) is 0 Å². The van der Waals surface area contributed by atoms with Gasteiger partial charge in [0, 0.05) is 0 Å². The van der Waals surface area contributed by atoms with E-state index < -0.39 is 0 Å². The zero-order valence-corrected chi connectivity index (χ0v) is 15.2. The maximum Gasteiger partial charge on any atom is 0.0520 e. The van der Waals surface area contributed by atoms with E-state index in [0.29, 0.717) is 0 Å². The summed E-state index contributed by atoms with van der Waals surface area (Å²) in [5.41, 5.74) is 15.0. The number of rotatable bonds is 9. The van der Waals surface area contributed by atoms with Crippen molar-refractivity contribution in [2.75, 3.05) is 0 Å². The Labute approximate surface area is 157 Å². The van der Waals surface area contributed by atoms with Crippen molar-refractivity contribution in [1.82, 2.24) is 0 Å². The molecule has 0 saturated carbocycles. The van der Waals surface area contributed by atoms with E-state index in [-0.39, 0.29) is 6.17 Å². The maximum atomic E-state index is 5.66. The summed E-state index contributed by atoms with van der Waals surface area (Å²) in [5.74, 6) is 0. The van der Waals surface area contributed by atoms with Crippen molar-refractivity contribution in [1.29, 1.82) is 0 Å². The van der Waals surface area contributed by atoms with E-state index >= 15 is 0 Å². The van der Waals surface area contributed by atoms with E-state index in [1.807, 2.05) is 36.4 Å². The van der Waals surface area contributed by atoms with E-state index in [9.17, 15) is 0 Å². The van der Waals surface area contributed by atoms with Gasteiger partial charge in [-0.25, -0.2) is 0 Å². The average Bonchev–Trinajstić information content (AvgIpc) is 2.66. The molecule has 0 amide bonds. The van der Waals surface area contributed by atoms with Crippen LogP contribution < -0.4 is 11.5 Å². The molecule has 0 radical (unpaired) electrons. The van der Waals surface area contributed by atoms with Crippen LogP contribution >= 0.6 is 0 Å². The Hall–Kier alpha value is -2.68. The van der Waals surface area contributed by atoms with Crippen LogP contribution in [0.5, 0.6) is 0 Å². The largest absolute Gasteiger partial charge is 0.316 e. The van der Waals surface area contributed by atoms with Crippen LogP contribution in [0.15, 0.2) is 96.6 Å². The molecule has 26 heavy (non-hydrogen) atoms. The Balaban J connectivity index is 1.99. The molecule has 0 atom stereocenters. The van der Waals surface area contributed by atoms with Crippen LogP contribution in [0.25, 0.3) is 12.2 Å². The fraction of sp³-hybridized carbons (Fsp3) is 0.167. The number of hydrogen-bond acceptors (Lipinski definition) is 2. The standard InChI is InChI=1S/C24H28N2/c25-24(26)20-10-19-23(18-9-17-22-13-5-2-6-14-22)16-8-7-15-21-11-3-1-4-12-21/h1-9,11-18,24H,10,19-20,25-26H2. The summed E-state index contributed by atoms with van der Waals surface area (Å²) >= 11 is 0. The lowest BCUT2D eigenvalue weighted by molar-refractivity contribution is 0.603. The minimum atomic E-state index is -0.238. The lowest BCUT2D eigenvalue weighted by atomic mass is 10.1. The Morgan fingerprint density at radius 1 is 0.769 bits per heavy atom. The number of nitrogens with two attached hydrogens (primary N) is 2. The first-order valence-electron chi connectivity index (χ1n) is 9.07. The first-order chi connectivity index (χ1) is 12.7. The summed E-state index contributed by atoms with van der Waals surface area (Å²) in [6.45, 7) is 0. The third kappa shape index (κ3) is 8.43. The molecular weight excluding hydrogens is 316 g/mol. The number of allylic oxidation sites excluding steroid dienone is 6. The maximum absolute atomic E-state index is 5.66. The zero-order valence-electron chi connectivity index (χ0n) is 15.2. The molecule has 0 aliphatic rings. The molecule has 0 bridgehead atoms. The molecule has 0 saturated heterocycles. The first-order valence-corrected chi connectivity index (χ1v) is 9.07. The van der Waals surface area contributed by atoms with Crippen LogP contribution in [0.4, 0.5) is 0 Å². The minimum absolute atomic E-state index is 0.238. The second-order valence-corrected chi connectivity index (χ2v) is 6.20. The topological polar surface area (TPSA) is 52.0 Å². The van der Waals surface area contributed by atoms with Crippen molar-refractivity contribution in [2.24, 2.45) is 11.5 Å². The average molecular weight is 345 g/mol. The molecule has 2 aromatic rings. The van der Waals surface area contributed by atoms with Gasteiger partial charge < -0.3 is 11.5 Å². The molecule has 0 unspecified atom stereocenters. The van der Waals surface area contributed by atoms with Crippen molar-refractivity contribution in [2.45, 2.75) is 25.4 Å². The summed E-state index contributed by atoms with van der Waals surface area (Å²) in [7, 11) is 0. The lowest BCUT2D eigenvalue weighted by Gasteiger charge is -2.05. The predicted molar refractivity (Wildman–Crippen MR) is 114 cm³/mol. The summed E-state index contributed by atoms with van der Waals surface area (Å²) in [6, 6.07) is 20.6. The highest BCUT2D eigenvalue weighted by atomic mass is 14.8. The van der Waals surface area contributed by atoms with E-state index in [0.717, 1.165) is 19.3 Å². The first kappa shape index (κ1) is 19.6. The van der Waals surface area contributed by atoms with E-state index in [2.05, 4.69) is 66.8 Å². The molecule has 4 N–H and O–H groups in total. The van der Waals surface area contributed by atoms with Crippen molar-refractivity contribution < 1.29 is 0 Å². The molecule has 0 aromatic heterocycles. The molecule has 134 valence electrons. The summed E-state index contributed by atoms with van der Waals surface area (Å²) < 4.78 is 0. The Bertz CT molecular complexity index is 738. The Kier molecular flexibility index (Phi) is 8.92. The van der Waals surface area contributed by atoms with Crippen LogP contribution in [0.2, 0.25) is 0 Å². The van der Waals surface area contributed by atoms with Gasteiger partial charge in [-0.1, -0.05) is 103 Å². The third-order valence-electron chi connectivity index (χ3n) is 3.91. The normalized spacial score (nSPS) is 12.8. The summed E-state index contributed by atoms with van der Waals surface area (Å²) in [6.07, 6.45) is 17.3. The van der Waals surface area contributed by atoms with Crippen LogP contribution in [-0.2, 0) is 0 Å². The fourth-order valence-corrected chi connectivity index (χ4v) is 2.52. The highest BCUT2D eigenvalue weighted by Crippen LogP contribution is 2.11. The van der Waals surface area contributed by atoms with Gasteiger partial charge in [-0.15, -0.1) is 0 Å². The summed E-state index contributed by atoms with van der Waals surface area (Å²) in [4.78, 5) is 0. The van der Waals surface area contributed by atoms with Gasteiger partial charge in [-0.2, -0.15) is 0 Å². The van der Waals surface area contributed by atoms with Crippen LogP contribution in [-0.4, -0.2) is 6.17 Å². The van der Waals surface area contributed by atoms with Crippen molar-refractivity contribution in [3.05, 3.63) is 108 Å². The fourth-order valence-electron chi connectivity index (χ4n) is 2.52. The van der Waals surface area contributed by atoms with Crippen molar-refractivity contribution >= 4 is 12.2 Å². The van der Waals surface area contributed by atoms with Crippen LogP contribution in [0.1, 0.15) is 30.4 Å². The van der Waals surface area contributed by atoms with E-state index in [1.165, 1.54) is 16.7 Å². The van der Waals surface area contributed by atoms with E-state index in [4.69, 9.17) is 11.5 Å². The SMILES string of the molecule is NC(N)CCCC(C=CC=Cc1ccccc1)=CC=Cc1ccccc1. The molecule has 0 aliphatic carbocycles. The zero-order chi connectivity index (χ0) is 18.5. The quantitative estimate of drug-likeness (QED) is 0.478. The highest BCUT2D eigenvalue weighted by molar-refractivity contribution is 5.52. The van der Waals surface area contributed by atoms with Gasteiger partial charge in [0.1, 0.15) is 0 Å². The van der Waals surface area contributed by atoms with Gasteiger partial charge in [0.15, 0.2) is 0 Å². The van der Waals surface area contributed by atoms with Crippen molar-refractivity contribution in [3.63, 3.8) is 0 Å². The summed E-state index contributed by atoms with van der Waals surface area (Å²) in [5, 5.41) is 0. The van der Waals surface area contributed by atoms with Gasteiger partial charge >= 0.3 is 0 Å². The van der Waals surface area contributed by atoms with Gasteiger partial charge in [0.05, 0.1) is 6.17 Å². The van der Waals surface area contributed by atoms with Gasteiger partial charge in [-0.05, 0) is 36.0 Å². The molecule has 2 rings (SSSR count). The molecule has 2 aromatic carbocycles. The van der Waals surface area contributed by atoms with Crippen LogP contribution in [0.3, 0.4) is 0 Å². The Morgan fingerprint density at radius 3 is 1.92 bits per heavy atom. The molecule has 0 aliphatic heterocycles. The molecule has 2 heteroatoms. The monoisotopic (exact) mass is 344 g/mol. The Morgan fingerprint density at radius 2 is 1.35 bits per heavy atom. The smallest absolute Gasteiger partial charge is 0.0520 e. The predicted octanol–water partition coefficient (Wildman–Crippen LogP) is 5.31. The van der Waals surface area contributed by atoms with Crippen molar-refractivity contribution in [3.8, 4) is 0 Å². The molecule has 0 spiro atoms. The second kappa shape index (κ2) is 11.8. The van der Waals surface area contributed by atoms with Gasteiger partial charge in [-0.3, -0.25) is 0 Å². The number of hydrogen-bond donors (Lipinski definition) is 2. The highest BCUT2D eigenvalue weighted by Gasteiger charge is 1.96.